The normalized spacial score (nSPS) is 12.2. The molecule has 2 rings (SSSR count). The number of hydrogen-bond donors (Lipinski definition) is 4. The fraction of sp³-hybridized carbons (Fsp3) is 0.407. The summed E-state index contributed by atoms with van der Waals surface area (Å²) >= 11 is 0. The Bertz CT molecular complexity index is 1000. The van der Waals surface area contributed by atoms with Crippen molar-refractivity contribution in [3.05, 3.63) is 71.8 Å². The monoisotopic (exact) mass is 513 g/mol. The Morgan fingerprint density at radius 2 is 1.32 bits per heavy atom. The third-order valence-electron chi connectivity index (χ3n) is 5.45. The van der Waals surface area contributed by atoms with E-state index in [1.807, 2.05) is 48.5 Å². The van der Waals surface area contributed by atoms with Gasteiger partial charge in [-0.2, -0.15) is 0 Å². The van der Waals surface area contributed by atoms with Crippen LogP contribution in [0.25, 0.3) is 0 Å². The van der Waals surface area contributed by atoms with Crippen molar-refractivity contribution in [3.8, 4) is 0 Å². The van der Waals surface area contributed by atoms with Crippen LogP contribution in [-0.2, 0) is 32.3 Å². The molecule has 0 aliphatic heterocycles. The summed E-state index contributed by atoms with van der Waals surface area (Å²) < 4.78 is 10.3. The minimum Gasteiger partial charge on any atom is -0.480 e. The Hall–Kier alpha value is -4.08. The maximum atomic E-state index is 12.8. The number of nitrogens with one attached hydrogen (secondary N) is 3. The van der Waals surface area contributed by atoms with E-state index in [9.17, 15) is 24.3 Å². The first-order chi connectivity index (χ1) is 17.8. The van der Waals surface area contributed by atoms with Crippen molar-refractivity contribution in [2.45, 2.75) is 58.4 Å². The summed E-state index contributed by atoms with van der Waals surface area (Å²) in [5.74, 6) is -2.09. The van der Waals surface area contributed by atoms with Crippen LogP contribution >= 0.6 is 0 Å². The number of alkyl carbamates (subject to hydrolysis) is 2. The third-order valence-corrected chi connectivity index (χ3v) is 5.45. The summed E-state index contributed by atoms with van der Waals surface area (Å²) in [6.07, 6.45) is -0.232. The second-order valence-corrected chi connectivity index (χ2v) is 8.81. The van der Waals surface area contributed by atoms with Crippen LogP contribution in [0.5, 0.6) is 0 Å². The molecule has 3 amide bonds. The summed E-state index contributed by atoms with van der Waals surface area (Å²) in [6.45, 7) is 3.98. The molecule has 10 heteroatoms. The van der Waals surface area contributed by atoms with E-state index >= 15 is 0 Å². The first-order valence-corrected chi connectivity index (χ1v) is 12.2. The van der Waals surface area contributed by atoms with Crippen LogP contribution in [0.1, 0.15) is 44.2 Å². The van der Waals surface area contributed by atoms with E-state index in [-0.39, 0.29) is 25.6 Å². The molecule has 2 atom stereocenters. The standard InChI is InChI=1S/C27H35N3O7/c1-19(2)23(30-27(35)37-18-21-13-7-4-8-14-21)24(31)29-22(25(32)33)15-9-10-16-28-26(34)36-17-20-11-5-3-6-12-20/h3-8,11-14,19,22-23H,9-10,15-18H2,1-2H3,(H,28,34)(H,29,31)(H,30,35)(H,32,33). The van der Waals surface area contributed by atoms with E-state index < -0.39 is 36.1 Å². The molecule has 2 unspecified atom stereocenters. The van der Waals surface area contributed by atoms with Crippen molar-refractivity contribution in [2.75, 3.05) is 6.54 Å². The third kappa shape index (κ3) is 11.5. The summed E-state index contributed by atoms with van der Waals surface area (Å²) in [6, 6.07) is 16.3. The second kappa shape index (κ2) is 15.8. The van der Waals surface area contributed by atoms with Crippen molar-refractivity contribution >= 4 is 24.1 Å². The van der Waals surface area contributed by atoms with Crippen molar-refractivity contribution in [2.24, 2.45) is 5.92 Å². The van der Waals surface area contributed by atoms with E-state index in [0.29, 0.717) is 19.4 Å². The fourth-order valence-corrected chi connectivity index (χ4v) is 3.38. The lowest BCUT2D eigenvalue weighted by atomic mass is 10.0. The highest BCUT2D eigenvalue weighted by Crippen LogP contribution is 2.08. The Labute approximate surface area is 216 Å². The van der Waals surface area contributed by atoms with Gasteiger partial charge in [0.05, 0.1) is 0 Å². The number of carbonyl (C=O) groups is 4. The zero-order chi connectivity index (χ0) is 27.0. The lowest BCUT2D eigenvalue weighted by molar-refractivity contribution is -0.142. The fourth-order valence-electron chi connectivity index (χ4n) is 3.38. The van der Waals surface area contributed by atoms with Gasteiger partial charge < -0.3 is 30.5 Å². The van der Waals surface area contributed by atoms with Crippen LogP contribution in [0.15, 0.2) is 60.7 Å². The van der Waals surface area contributed by atoms with Gasteiger partial charge in [-0.3, -0.25) is 4.79 Å². The minimum atomic E-state index is -1.18. The summed E-state index contributed by atoms with van der Waals surface area (Å²) in [5.41, 5.74) is 1.67. The number of carboxylic acid groups (broad SMARTS) is 1. The summed E-state index contributed by atoms with van der Waals surface area (Å²) in [5, 5.41) is 17.2. The Balaban J connectivity index is 1.72. The molecule has 4 N–H and O–H groups in total. The van der Waals surface area contributed by atoms with E-state index in [1.54, 1.807) is 26.0 Å². The minimum absolute atomic E-state index is 0.0463. The predicted octanol–water partition coefficient (Wildman–Crippen LogP) is 3.60. The molecule has 0 aliphatic carbocycles. The Morgan fingerprint density at radius 1 is 0.784 bits per heavy atom. The van der Waals surface area contributed by atoms with Gasteiger partial charge in [-0.1, -0.05) is 74.5 Å². The molecule has 37 heavy (non-hydrogen) atoms. The lowest BCUT2D eigenvalue weighted by Crippen LogP contribution is -2.53. The zero-order valence-corrected chi connectivity index (χ0v) is 21.1. The zero-order valence-electron chi connectivity index (χ0n) is 21.1. The molecule has 0 aromatic heterocycles. The molecule has 0 heterocycles. The average molecular weight is 514 g/mol. The molecule has 0 radical (unpaired) electrons. The predicted molar refractivity (Wildman–Crippen MR) is 136 cm³/mol. The van der Waals surface area contributed by atoms with Gasteiger partial charge in [0.15, 0.2) is 0 Å². The maximum Gasteiger partial charge on any atom is 0.408 e. The molecule has 0 fully saturated rings. The number of rotatable bonds is 14. The topological polar surface area (TPSA) is 143 Å². The average Bonchev–Trinajstić information content (AvgIpc) is 2.89. The number of aliphatic carboxylic acids is 1. The Kier molecular flexibility index (Phi) is 12.5. The molecule has 10 nitrogen and oxygen atoms in total. The molecule has 2 aromatic rings. The van der Waals surface area contributed by atoms with Crippen molar-refractivity contribution in [1.82, 2.24) is 16.0 Å². The number of carbonyl (C=O) groups excluding carboxylic acids is 3. The maximum absolute atomic E-state index is 12.8. The summed E-state index contributed by atoms with van der Waals surface area (Å²) in [7, 11) is 0. The van der Waals surface area contributed by atoms with E-state index in [0.717, 1.165) is 11.1 Å². The van der Waals surface area contributed by atoms with Gasteiger partial charge in [0.25, 0.3) is 0 Å². The SMILES string of the molecule is CC(C)C(NC(=O)OCc1ccccc1)C(=O)NC(CCCCNC(=O)OCc1ccccc1)C(=O)O. The second-order valence-electron chi connectivity index (χ2n) is 8.81. The first-order valence-electron chi connectivity index (χ1n) is 12.2. The number of unbranched alkanes of at least 4 members (excludes halogenated alkanes) is 1. The highest BCUT2D eigenvalue weighted by Gasteiger charge is 2.29. The Morgan fingerprint density at radius 3 is 1.84 bits per heavy atom. The molecule has 0 spiro atoms. The highest BCUT2D eigenvalue weighted by atomic mass is 16.6. The van der Waals surface area contributed by atoms with Gasteiger partial charge >= 0.3 is 18.2 Å². The molecule has 200 valence electrons. The molecule has 0 saturated heterocycles. The first kappa shape index (κ1) is 29.2. The number of ether oxygens (including phenoxy) is 2. The van der Waals surface area contributed by atoms with Gasteiger partial charge in [-0.15, -0.1) is 0 Å². The number of carboxylic acids is 1. The molecular weight excluding hydrogens is 478 g/mol. The van der Waals surface area contributed by atoms with Crippen LogP contribution in [0.4, 0.5) is 9.59 Å². The molecule has 2 aromatic carbocycles. The molecule has 0 bridgehead atoms. The van der Waals surface area contributed by atoms with Crippen LogP contribution in [0.2, 0.25) is 0 Å². The van der Waals surface area contributed by atoms with E-state index in [2.05, 4.69) is 16.0 Å². The smallest absolute Gasteiger partial charge is 0.408 e. The molecule has 0 saturated carbocycles. The van der Waals surface area contributed by atoms with Crippen LogP contribution in [-0.4, -0.2) is 47.8 Å². The van der Waals surface area contributed by atoms with Gasteiger partial charge in [-0.25, -0.2) is 14.4 Å². The van der Waals surface area contributed by atoms with Gasteiger partial charge in [0.2, 0.25) is 5.91 Å². The number of amides is 3. The summed E-state index contributed by atoms with van der Waals surface area (Å²) in [4.78, 5) is 48.4. The molecular formula is C27H35N3O7. The van der Waals surface area contributed by atoms with Crippen molar-refractivity contribution < 1.29 is 33.8 Å². The van der Waals surface area contributed by atoms with E-state index in [1.165, 1.54) is 0 Å². The quantitative estimate of drug-likeness (QED) is 0.283. The number of benzene rings is 2. The largest absolute Gasteiger partial charge is 0.480 e. The van der Waals surface area contributed by atoms with E-state index in [4.69, 9.17) is 9.47 Å². The van der Waals surface area contributed by atoms with Crippen molar-refractivity contribution in [3.63, 3.8) is 0 Å². The molecule has 0 aliphatic rings. The van der Waals surface area contributed by atoms with Crippen LogP contribution in [0, 0.1) is 5.92 Å². The van der Waals surface area contributed by atoms with Crippen molar-refractivity contribution in [1.29, 1.82) is 0 Å². The van der Waals surface area contributed by atoms with Gasteiger partial charge in [-0.05, 0) is 36.3 Å². The number of hydrogen-bond acceptors (Lipinski definition) is 6. The van der Waals surface area contributed by atoms with Gasteiger partial charge in [0.1, 0.15) is 25.3 Å². The highest BCUT2D eigenvalue weighted by molar-refractivity contribution is 5.89. The lowest BCUT2D eigenvalue weighted by Gasteiger charge is -2.23. The van der Waals surface area contributed by atoms with Gasteiger partial charge in [0, 0.05) is 6.54 Å². The van der Waals surface area contributed by atoms with Crippen LogP contribution in [0.3, 0.4) is 0 Å². The van der Waals surface area contributed by atoms with Crippen LogP contribution < -0.4 is 16.0 Å².